The van der Waals surface area contributed by atoms with E-state index in [0.717, 1.165) is 32.6 Å². The number of thiophene rings is 1. The lowest BCUT2D eigenvalue weighted by Crippen LogP contribution is -2.13. The van der Waals surface area contributed by atoms with Crippen LogP contribution < -0.4 is 10.1 Å². The Morgan fingerprint density at radius 2 is 1.79 bits per heavy atom. The molecule has 0 fully saturated rings. The summed E-state index contributed by atoms with van der Waals surface area (Å²) in [5.41, 5.74) is 5.01. The minimum Gasteiger partial charge on any atom is -0.475 e. The molecule has 0 amide bonds. The van der Waals surface area contributed by atoms with Crippen molar-refractivity contribution >= 4 is 50.6 Å². The third-order valence-corrected chi connectivity index (χ3v) is 7.32. The Kier molecular flexibility index (Phi) is 9.54. The van der Waals surface area contributed by atoms with E-state index in [-0.39, 0.29) is 6.61 Å². The molecule has 0 unspecified atom stereocenters. The van der Waals surface area contributed by atoms with E-state index in [4.69, 9.17) is 33.2 Å². The fourth-order valence-electron chi connectivity index (χ4n) is 3.82. The summed E-state index contributed by atoms with van der Waals surface area (Å²) in [4.78, 5) is 13.3. The number of aromatic nitrogens is 4. The Labute approximate surface area is 234 Å². The van der Waals surface area contributed by atoms with Gasteiger partial charge in [0.05, 0.1) is 22.6 Å². The van der Waals surface area contributed by atoms with Gasteiger partial charge < -0.3 is 10.1 Å². The average Bonchev–Trinajstić information content (AvgIpc) is 3.43. The van der Waals surface area contributed by atoms with Crippen LogP contribution in [0, 0.1) is 13.8 Å². The van der Waals surface area contributed by atoms with Gasteiger partial charge in [0.25, 0.3) is 0 Å². The number of benzene rings is 2. The summed E-state index contributed by atoms with van der Waals surface area (Å²) >= 11 is 14.1. The van der Waals surface area contributed by atoms with E-state index in [1.165, 1.54) is 23.2 Å². The first-order valence-electron chi connectivity index (χ1n) is 11.7. The third-order valence-electron chi connectivity index (χ3n) is 5.68. The number of hydrogen-bond acceptors (Lipinski definition) is 8. The molecule has 38 heavy (non-hydrogen) atoms. The first-order valence-corrected chi connectivity index (χ1v) is 13.4. The number of hydrogen-bond donors (Lipinski definition) is 2. The van der Waals surface area contributed by atoms with E-state index in [9.17, 15) is 0 Å². The molecule has 198 valence electrons. The summed E-state index contributed by atoms with van der Waals surface area (Å²) < 4.78 is 7.68. The van der Waals surface area contributed by atoms with Gasteiger partial charge in [0, 0.05) is 28.6 Å². The van der Waals surface area contributed by atoms with Crippen LogP contribution in [0.5, 0.6) is 5.88 Å². The number of rotatable bonds is 8. The molecule has 5 rings (SSSR count). The van der Waals surface area contributed by atoms with Crippen molar-refractivity contribution < 1.29 is 14.9 Å². The van der Waals surface area contributed by atoms with Gasteiger partial charge in [-0.2, -0.15) is 0 Å². The molecule has 0 saturated heterocycles. The van der Waals surface area contributed by atoms with Gasteiger partial charge in [-0.25, -0.2) is 14.9 Å². The zero-order valence-electron chi connectivity index (χ0n) is 21.1. The molecule has 3 heterocycles. The number of halogens is 2. The second kappa shape index (κ2) is 13.0. The highest BCUT2D eigenvalue weighted by molar-refractivity contribution is 7.17. The number of anilines is 1. The van der Waals surface area contributed by atoms with Crippen LogP contribution >= 0.6 is 34.5 Å². The molecule has 0 saturated carbocycles. The molecule has 0 radical (unpaired) electrons. The van der Waals surface area contributed by atoms with Crippen LogP contribution in [0.15, 0.2) is 60.2 Å². The van der Waals surface area contributed by atoms with E-state index in [2.05, 4.69) is 25.3 Å². The summed E-state index contributed by atoms with van der Waals surface area (Å²) in [5, 5.41) is 19.9. The highest BCUT2D eigenvalue weighted by Gasteiger charge is 2.17. The standard InChI is InChI=1S/C19H17Cl2N5OS.C8H10O2/c1-11-16(12-5-3-4-6-13(12)20)26(2)25-18(11)27-8-7-22-17-15-14(21)9-28-19(15)24-10-23-17;1-7-2-4-8(5-3-7)6-10-9/h3-6,9-10H,7-8H2,1-2H3,(H,22,23,24);2-5,9H,6H2,1H3. The fourth-order valence-corrected chi connectivity index (χ4v) is 5.18. The zero-order chi connectivity index (χ0) is 27.1. The van der Waals surface area contributed by atoms with Crippen molar-refractivity contribution in [2.45, 2.75) is 20.5 Å². The van der Waals surface area contributed by atoms with Crippen molar-refractivity contribution in [2.24, 2.45) is 7.05 Å². The van der Waals surface area contributed by atoms with E-state index in [0.29, 0.717) is 34.9 Å². The Morgan fingerprint density at radius 3 is 2.53 bits per heavy atom. The predicted molar refractivity (Wildman–Crippen MR) is 153 cm³/mol. The smallest absolute Gasteiger partial charge is 0.236 e. The largest absolute Gasteiger partial charge is 0.475 e. The van der Waals surface area contributed by atoms with E-state index in [1.807, 2.05) is 74.8 Å². The van der Waals surface area contributed by atoms with Crippen LogP contribution in [0.2, 0.25) is 10.0 Å². The minimum absolute atomic E-state index is 0.264. The average molecular weight is 573 g/mol. The lowest BCUT2D eigenvalue weighted by Gasteiger charge is -2.08. The highest BCUT2D eigenvalue weighted by Crippen LogP contribution is 2.34. The van der Waals surface area contributed by atoms with Crippen molar-refractivity contribution in [3.8, 4) is 17.1 Å². The second-order valence-electron chi connectivity index (χ2n) is 8.40. The van der Waals surface area contributed by atoms with Gasteiger partial charge in [-0.05, 0) is 25.5 Å². The molecule has 5 aromatic rings. The van der Waals surface area contributed by atoms with Crippen LogP contribution in [-0.2, 0) is 18.5 Å². The van der Waals surface area contributed by atoms with Crippen molar-refractivity contribution in [2.75, 3.05) is 18.5 Å². The van der Waals surface area contributed by atoms with E-state index < -0.39 is 0 Å². The van der Waals surface area contributed by atoms with Crippen LogP contribution in [0.25, 0.3) is 21.5 Å². The van der Waals surface area contributed by atoms with Crippen LogP contribution in [0.3, 0.4) is 0 Å². The van der Waals surface area contributed by atoms with Gasteiger partial charge >= 0.3 is 0 Å². The van der Waals surface area contributed by atoms with Crippen LogP contribution in [-0.4, -0.2) is 38.2 Å². The van der Waals surface area contributed by atoms with E-state index in [1.54, 1.807) is 4.68 Å². The molecular formula is C27H27Cl2N5O3S. The maximum atomic E-state index is 8.09. The van der Waals surface area contributed by atoms with Gasteiger partial charge in [-0.1, -0.05) is 71.2 Å². The minimum atomic E-state index is 0.264. The molecule has 0 atom stereocenters. The number of nitrogens with zero attached hydrogens (tertiary/aromatic N) is 4. The maximum absolute atomic E-state index is 8.09. The van der Waals surface area contributed by atoms with Crippen molar-refractivity contribution in [1.29, 1.82) is 0 Å². The van der Waals surface area contributed by atoms with Gasteiger partial charge in [0.2, 0.25) is 5.88 Å². The Hall–Kier alpha value is -3.21. The fraction of sp³-hybridized carbons (Fsp3) is 0.222. The molecule has 0 bridgehead atoms. The first kappa shape index (κ1) is 27.8. The second-order valence-corrected chi connectivity index (χ2v) is 10.1. The van der Waals surface area contributed by atoms with Gasteiger partial charge in [-0.15, -0.1) is 16.4 Å². The number of nitrogens with one attached hydrogen (secondary N) is 1. The summed E-state index contributed by atoms with van der Waals surface area (Å²) in [6, 6.07) is 15.5. The summed E-state index contributed by atoms with van der Waals surface area (Å²) in [6.07, 6.45) is 1.52. The summed E-state index contributed by atoms with van der Waals surface area (Å²) in [7, 11) is 1.88. The first-order chi connectivity index (χ1) is 18.4. The Bertz CT molecular complexity index is 1500. The van der Waals surface area contributed by atoms with Crippen LogP contribution in [0.4, 0.5) is 5.82 Å². The highest BCUT2D eigenvalue weighted by atomic mass is 35.5. The molecular weight excluding hydrogens is 545 g/mol. The monoisotopic (exact) mass is 571 g/mol. The molecule has 2 N–H and O–H groups in total. The van der Waals surface area contributed by atoms with Crippen LogP contribution in [0.1, 0.15) is 16.7 Å². The van der Waals surface area contributed by atoms with Gasteiger partial charge in [0.1, 0.15) is 30.2 Å². The molecule has 0 aliphatic rings. The summed E-state index contributed by atoms with van der Waals surface area (Å²) in [5.74, 6) is 1.29. The molecule has 3 aromatic heterocycles. The topological polar surface area (TPSA) is 94.3 Å². The third kappa shape index (κ3) is 6.61. The van der Waals surface area contributed by atoms with Gasteiger partial charge in [0.15, 0.2) is 0 Å². The molecule has 11 heteroatoms. The molecule has 8 nitrogen and oxygen atoms in total. The SMILES string of the molecule is Cc1c(OCCNc2ncnc3scc(Cl)c23)nn(C)c1-c1ccccc1Cl.Cc1ccc(COO)cc1. The lowest BCUT2D eigenvalue weighted by molar-refractivity contribution is -0.253. The van der Waals surface area contributed by atoms with Gasteiger partial charge in [-0.3, -0.25) is 9.94 Å². The quantitative estimate of drug-likeness (QED) is 0.116. The predicted octanol–water partition coefficient (Wildman–Crippen LogP) is 7.18. The Balaban J connectivity index is 0.000000283. The normalized spacial score (nSPS) is 10.8. The van der Waals surface area contributed by atoms with E-state index >= 15 is 0 Å². The van der Waals surface area contributed by atoms with Crippen molar-refractivity contribution in [1.82, 2.24) is 19.7 Å². The zero-order valence-corrected chi connectivity index (χ0v) is 23.4. The summed E-state index contributed by atoms with van der Waals surface area (Å²) in [6.45, 7) is 5.24. The number of ether oxygens (including phenoxy) is 1. The molecule has 0 aliphatic heterocycles. The maximum Gasteiger partial charge on any atom is 0.236 e. The lowest BCUT2D eigenvalue weighted by atomic mass is 10.1. The molecule has 0 spiro atoms. The molecule has 0 aliphatic carbocycles. The number of fused-ring (bicyclic) bond motifs is 1. The van der Waals surface area contributed by atoms with Crippen molar-refractivity contribution in [3.63, 3.8) is 0 Å². The Morgan fingerprint density at radius 1 is 1.03 bits per heavy atom. The number of aryl methyl sites for hydroxylation is 2. The molecule has 2 aromatic carbocycles. The van der Waals surface area contributed by atoms with Crippen molar-refractivity contribution in [3.05, 3.63) is 87.0 Å².